The van der Waals surface area contributed by atoms with Gasteiger partial charge in [-0.25, -0.2) is 14.0 Å². The van der Waals surface area contributed by atoms with Gasteiger partial charge in [0.2, 0.25) is 5.91 Å². The molecular weight excluding hydrogens is 315 g/mol. The molecule has 1 aromatic carbocycles. The highest BCUT2D eigenvalue weighted by atomic mass is 19.1. The van der Waals surface area contributed by atoms with Gasteiger partial charge in [0.25, 0.3) is 0 Å². The Hall–Kier alpha value is -2.64. The molecule has 3 N–H and O–H groups in total. The fourth-order valence-corrected chi connectivity index (χ4v) is 2.80. The van der Waals surface area contributed by atoms with Crippen molar-refractivity contribution in [3.8, 4) is 0 Å². The van der Waals surface area contributed by atoms with Crippen LogP contribution in [0.5, 0.6) is 0 Å². The van der Waals surface area contributed by atoms with E-state index in [-0.39, 0.29) is 48.8 Å². The van der Waals surface area contributed by atoms with E-state index in [1.165, 1.54) is 12.1 Å². The maximum atomic E-state index is 13.2. The third kappa shape index (κ3) is 3.81. The number of carbonyl (C=O) groups is 3. The number of nitrogens with zero attached hydrogens (tertiary/aromatic N) is 1. The van der Waals surface area contributed by atoms with E-state index in [1.54, 1.807) is 6.07 Å². The van der Waals surface area contributed by atoms with Gasteiger partial charge in [-0.05, 0) is 30.5 Å². The van der Waals surface area contributed by atoms with Crippen LogP contribution in [0.4, 0.5) is 14.0 Å². The van der Waals surface area contributed by atoms with Crippen LogP contribution in [0, 0.1) is 5.82 Å². The highest BCUT2D eigenvalue weighted by Crippen LogP contribution is 2.40. The minimum Gasteiger partial charge on any atom is -0.338 e. The molecule has 2 atom stereocenters. The lowest BCUT2D eigenvalue weighted by atomic mass is 10.1. The summed E-state index contributed by atoms with van der Waals surface area (Å²) >= 11 is 0. The summed E-state index contributed by atoms with van der Waals surface area (Å²) in [6, 6.07) is 5.73. The molecule has 128 valence electrons. The number of rotatable bonds is 6. The van der Waals surface area contributed by atoms with Crippen molar-refractivity contribution in [3.63, 3.8) is 0 Å². The molecule has 3 rings (SSSR count). The highest BCUT2D eigenvalue weighted by Gasteiger charge is 2.39. The average Bonchev–Trinajstić information content (AvgIpc) is 3.24. The van der Waals surface area contributed by atoms with Crippen LogP contribution in [0.3, 0.4) is 0 Å². The monoisotopic (exact) mass is 334 g/mol. The lowest BCUT2D eigenvalue weighted by Gasteiger charge is -2.12. The van der Waals surface area contributed by atoms with E-state index in [9.17, 15) is 18.8 Å². The second-order valence-electron chi connectivity index (χ2n) is 5.96. The number of hydrogen-bond acceptors (Lipinski definition) is 3. The van der Waals surface area contributed by atoms with Gasteiger partial charge in [0.1, 0.15) is 5.82 Å². The fourth-order valence-electron chi connectivity index (χ4n) is 2.80. The van der Waals surface area contributed by atoms with Crippen molar-refractivity contribution in [2.24, 2.45) is 0 Å². The van der Waals surface area contributed by atoms with Gasteiger partial charge in [-0.1, -0.05) is 12.1 Å². The zero-order chi connectivity index (χ0) is 17.1. The van der Waals surface area contributed by atoms with E-state index in [0.29, 0.717) is 13.0 Å². The molecular formula is C16H19FN4O3. The first-order valence-electron chi connectivity index (χ1n) is 7.92. The molecule has 7 nitrogen and oxygen atoms in total. The van der Waals surface area contributed by atoms with E-state index in [1.807, 2.05) is 6.07 Å². The van der Waals surface area contributed by atoms with Gasteiger partial charge in [-0.2, -0.15) is 0 Å². The summed E-state index contributed by atoms with van der Waals surface area (Å²) in [5.74, 6) is -0.374. The van der Waals surface area contributed by atoms with Gasteiger partial charge in [0.05, 0.1) is 6.54 Å². The second kappa shape index (κ2) is 6.86. The summed E-state index contributed by atoms with van der Waals surface area (Å²) in [7, 11) is 0. The standard InChI is InChI=1S/C16H19FN4O3/c17-11-4-1-3-10(7-11)12-8-13(12)20-15(23)18-5-2-6-21-14(22)9-19-16(21)24/h1,3-4,7,12-13H,2,5-6,8-9H2,(H,19,24)(H2,18,20,23). The van der Waals surface area contributed by atoms with Crippen molar-refractivity contribution >= 4 is 18.0 Å². The maximum Gasteiger partial charge on any atom is 0.324 e. The van der Waals surface area contributed by atoms with Crippen molar-refractivity contribution in [2.75, 3.05) is 19.6 Å². The Kier molecular flexibility index (Phi) is 4.64. The second-order valence-corrected chi connectivity index (χ2v) is 5.96. The summed E-state index contributed by atoms with van der Waals surface area (Å²) in [4.78, 5) is 35.7. The van der Waals surface area contributed by atoms with Gasteiger partial charge in [0, 0.05) is 25.0 Å². The fraction of sp³-hybridized carbons (Fsp3) is 0.438. The number of halogens is 1. The molecule has 1 saturated heterocycles. The van der Waals surface area contributed by atoms with Crippen LogP contribution in [0.15, 0.2) is 24.3 Å². The van der Waals surface area contributed by atoms with Crippen LogP contribution in [-0.4, -0.2) is 48.5 Å². The molecule has 1 aromatic rings. The topological polar surface area (TPSA) is 90.5 Å². The predicted molar refractivity (Wildman–Crippen MR) is 83.8 cm³/mol. The zero-order valence-corrected chi connectivity index (χ0v) is 13.0. The molecule has 1 aliphatic heterocycles. The molecule has 2 aliphatic rings. The molecule has 8 heteroatoms. The summed E-state index contributed by atoms with van der Waals surface area (Å²) in [5, 5.41) is 7.97. The zero-order valence-electron chi connectivity index (χ0n) is 13.0. The number of nitrogens with one attached hydrogen (secondary N) is 3. The summed E-state index contributed by atoms with van der Waals surface area (Å²) in [5.41, 5.74) is 0.888. The normalized spacial score (nSPS) is 22.3. The van der Waals surface area contributed by atoms with Crippen LogP contribution >= 0.6 is 0 Å². The van der Waals surface area contributed by atoms with Crippen LogP contribution < -0.4 is 16.0 Å². The van der Waals surface area contributed by atoms with Crippen LogP contribution in [0.1, 0.15) is 24.3 Å². The van der Waals surface area contributed by atoms with Crippen LogP contribution in [0.2, 0.25) is 0 Å². The SMILES string of the molecule is O=C(NCCCN1C(=O)CNC1=O)NC1CC1c1cccc(F)c1. The lowest BCUT2D eigenvalue weighted by Crippen LogP contribution is -2.39. The molecule has 1 aliphatic carbocycles. The Morgan fingerprint density at radius 1 is 1.38 bits per heavy atom. The summed E-state index contributed by atoms with van der Waals surface area (Å²) in [6.07, 6.45) is 1.28. The molecule has 0 spiro atoms. The number of amides is 5. The van der Waals surface area contributed by atoms with Crippen LogP contribution in [-0.2, 0) is 4.79 Å². The highest BCUT2D eigenvalue weighted by molar-refractivity contribution is 6.01. The molecule has 0 bridgehead atoms. The third-order valence-corrected chi connectivity index (χ3v) is 4.16. The molecule has 2 unspecified atom stereocenters. The van der Waals surface area contributed by atoms with E-state index in [4.69, 9.17) is 0 Å². The Labute approximate surface area is 138 Å². The summed E-state index contributed by atoms with van der Waals surface area (Å²) in [6.45, 7) is 0.677. The number of urea groups is 2. The minimum absolute atomic E-state index is 0.0118. The molecule has 2 fully saturated rings. The number of imide groups is 1. The Bertz CT molecular complexity index is 650. The van der Waals surface area contributed by atoms with Gasteiger partial charge in [-0.15, -0.1) is 0 Å². The molecule has 1 saturated carbocycles. The van der Waals surface area contributed by atoms with E-state index >= 15 is 0 Å². The van der Waals surface area contributed by atoms with Gasteiger partial charge >= 0.3 is 12.1 Å². The molecule has 0 radical (unpaired) electrons. The van der Waals surface area contributed by atoms with E-state index in [0.717, 1.165) is 16.9 Å². The van der Waals surface area contributed by atoms with Crippen LogP contribution in [0.25, 0.3) is 0 Å². The quantitative estimate of drug-likeness (QED) is 0.534. The van der Waals surface area contributed by atoms with Crippen molar-refractivity contribution in [3.05, 3.63) is 35.6 Å². The van der Waals surface area contributed by atoms with Gasteiger partial charge in [0.15, 0.2) is 0 Å². The Morgan fingerprint density at radius 3 is 2.92 bits per heavy atom. The molecule has 5 amide bonds. The lowest BCUT2D eigenvalue weighted by molar-refractivity contribution is -0.125. The summed E-state index contributed by atoms with van der Waals surface area (Å²) < 4.78 is 13.2. The predicted octanol–water partition coefficient (Wildman–Crippen LogP) is 0.923. The van der Waals surface area contributed by atoms with E-state index < -0.39 is 0 Å². The Morgan fingerprint density at radius 2 is 2.21 bits per heavy atom. The number of carbonyl (C=O) groups excluding carboxylic acids is 3. The van der Waals surface area contributed by atoms with Gasteiger partial charge < -0.3 is 16.0 Å². The number of benzene rings is 1. The average molecular weight is 334 g/mol. The van der Waals surface area contributed by atoms with Crippen molar-refractivity contribution in [1.29, 1.82) is 0 Å². The smallest absolute Gasteiger partial charge is 0.324 e. The largest absolute Gasteiger partial charge is 0.338 e. The van der Waals surface area contributed by atoms with Crippen molar-refractivity contribution < 1.29 is 18.8 Å². The molecule has 0 aromatic heterocycles. The van der Waals surface area contributed by atoms with Crippen molar-refractivity contribution in [2.45, 2.75) is 24.8 Å². The van der Waals surface area contributed by atoms with Crippen molar-refractivity contribution in [1.82, 2.24) is 20.9 Å². The van der Waals surface area contributed by atoms with E-state index in [2.05, 4.69) is 16.0 Å². The minimum atomic E-state index is -0.389. The Balaban J connectivity index is 1.34. The molecule has 1 heterocycles. The first-order chi connectivity index (χ1) is 11.5. The first kappa shape index (κ1) is 16.2. The van der Waals surface area contributed by atoms with Gasteiger partial charge in [-0.3, -0.25) is 9.69 Å². The number of hydrogen-bond donors (Lipinski definition) is 3. The maximum absolute atomic E-state index is 13.2. The third-order valence-electron chi connectivity index (χ3n) is 4.16. The first-order valence-corrected chi connectivity index (χ1v) is 7.92. The molecule has 24 heavy (non-hydrogen) atoms.